The van der Waals surface area contributed by atoms with Crippen LogP contribution < -0.4 is 4.90 Å². The molecule has 0 bridgehead atoms. The van der Waals surface area contributed by atoms with E-state index in [9.17, 15) is 15.0 Å². The quantitative estimate of drug-likeness (QED) is 0.274. The average molecular weight is 439 g/mol. The molecule has 0 atom stereocenters. The number of ether oxygens (including phenoxy) is 1. The average Bonchev–Trinajstić information content (AvgIpc) is 2.63. The summed E-state index contributed by atoms with van der Waals surface area (Å²) >= 11 is 5.95. The van der Waals surface area contributed by atoms with Crippen molar-refractivity contribution in [2.75, 3.05) is 17.7 Å². The molecule has 0 saturated carbocycles. The molecule has 160 valence electrons. The van der Waals surface area contributed by atoms with Gasteiger partial charge in [-0.2, -0.15) is 0 Å². The Bertz CT molecular complexity index is 747. The molecule has 5 nitrogen and oxygen atoms in total. The van der Waals surface area contributed by atoms with Crippen LogP contribution in [0.5, 0.6) is 0 Å². The molecule has 1 rings (SSSR count). The van der Waals surface area contributed by atoms with Crippen molar-refractivity contribution in [3.63, 3.8) is 0 Å². The summed E-state index contributed by atoms with van der Waals surface area (Å²) in [5.41, 5.74) is 1.48. The highest BCUT2D eigenvalue weighted by Crippen LogP contribution is 2.70. The van der Waals surface area contributed by atoms with E-state index < -0.39 is 19.3 Å². The summed E-state index contributed by atoms with van der Waals surface area (Å²) in [6, 6.07) is 6.33. The smallest absolute Gasteiger partial charge is 0.421 e. The zero-order valence-electron chi connectivity index (χ0n) is 18.4. The van der Waals surface area contributed by atoms with Crippen LogP contribution in [-0.4, -0.2) is 47.6 Å². The first-order chi connectivity index (χ1) is 13.5. The topological polar surface area (TPSA) is 68.9 Å². The zero-order valence-corrected chi connectivity index (χ0v) is 20.1. The van der Waals surface area contributed by atoms with Crippen LogP contribution in [0.25, 0.3) is 5.41 Å². The highest BCUT2D eigenvalue weighted by Gasteiger charge is 2.49. The number of hydrogen-bond donors (Lipinski definition) is 0. The van der Waals surface area contributed by atoms with E-state index in [1.165, 1.54) is 0 Å². The van der Waals surface area contributed by atoms with Gasteiger partial charge in [0.2, 0.25) is 0 Å². The summed E-state index contributed by atoms with van der Waals surface area (Å²) in [4.78, 5) is 26.9. The molecule has 0 N–H and O–H groups in total. The van der Waals surface area contributed by atoms with Crippen molar-refractivity contribution in [3.05, 3.63) is 40.3 Å². The van der Waals surface area contributed by atoms with E-state index in [0.29, 0.717) is 33.8 Å². The fourth-order valence-corrected chi connectivity index (χ4v) is 9.53. The minimum atomic E-state index is -1.70. The monoisotopic (exact) mass is 438 g/mol. The summed E-state index contributed by atoms with van der Waals surface area (Å²) in [6.45, 7) is 14.8. The Hall–Kier alpha value is -1.67. The standard InChI is InChI=1S/C22H32ClN2O3P/c1-8-28-22(27)25(20-11-9-19(23)10-12-20)21(26)18(13-24)14-29(15(2)3,16(4)5)17(6)7/h9-12,15-17H,8,14H2,1-7H3. The van der Waals surface area contributed by atoms with Crippen molar-refractivity contribution in [2.24, 2.45) is 0 Å². The Morgan fingerprint density at radius 3 is 1.93 bits per heavy atom. The van der Waals surface area contributed by atoms with E-state index >= 15 is 0 Å². The Kier molecular flexibility index (Phi) is 9.55. The first-order valence-corrected chi connectivity index (χ1v) is 12.5. The van der Waals surface area contributed by atoms with Crippen LogP contribution in [0.4, 0.5) is 10.5 Å². The molecule has 1 aromatic carbocycles. The van der Waals surface area contributed by atoms with Crippen LogP contribution in [0.15, 0.2) is 29.8 Å². The van der Waals surface area contributed by atoms with Gasteiger partial charge in [-0.05, 0) is 72.7 Å². The van der Waals surface area contributed by atoms with Gasteiger partial charge in [-0.15, -0.1) is 0 Å². The van der Waals surface area contributed by atoms with Gasteiger partial charge in [0, 0.05) is 12.3 Å². The highest BCUT2D eigenvalue weighted by atomic mass is 35.5. The molecule has 0 unspecified atom stereocenters. The minimum absolute atomic E-state index is 0.0948. The van der Waals surface area contributed by atoms with Crippen LogP contribution in [0.2, 0.25) is 5.02 Å². The lowest BCUT2D eigenvalue weighted by molar-refractivity contribution is -0.114. The SMILES string of the molecule is CCOC(=O)N(C(=O)C(=C=[N-])C[P+](C(C)C)(C(C)C)C(C)C)c1ccc(Cl)cc1. The number of carbonyl (C=O) groups is 2. The predicted molar refractivity (Wildman–Crippen MR) is 125 cm³/mol. The number of nitrogens with zero attached hydrogens (tertiary/aromatic N) is 2. The van der Waals surface area contributed by atoms with Gasteiger partial charge >= 0.3 is 6.09 Å². The molecule has 29 heavy (non-hydrogen) atoms. The normalized spacial score (nSPS) is 11.6. The van der Waals surface area contributed by atoms with Gasteiger partial charge in [0.25, 0.3) is 5.91 Å². The zero-order chi connectivity index (χ0) is 22.4. The maximum Gasteiger partial charge on any atom is 0.421 e. The van der Waals surface area contributed by atoms with Crippen LogP contribution in [0.1, 0.15) is 48.5 Å². The molecular weight excluding hydrogens is 407 g/mol. The lowest BCUT2D eigenvalue weighted by atomic mass is 10.2. The molecule has 0 aliphatic rings. The molecule has 0 aliphatic carbocycles. The van der Waals surface area contributed by atoms with Gasteiger partial charge in [-0.3, -0.25) is 10.7 Å². The Morgan fingerprint density at radius 2 is 1.55 bits per heavy atom. The second kappa shape index (κ2) is 10.9. The van der Waals surface area contributed by atoms with Gasteiger partial charge in [0.15, 0.2) is 0 Å². The molecule has 7 heteroatoms. The Labute approximate surface area is 180 Å². The van der Waals surface area contributed by atoms with Crippen molar-refractivity contribution < 1.29 is 14.3 Å². The molecule has 0 fully saturated rings. The van der Waals surface area contributed by atoms with Crippen LogP contribution in [0.3, 0.4) is 0 Å². The van der Waals surface area contributed by atoms with Gasteiger partial charge in [0.1, 0.15) is 0 Å². The second-order valence-corrected chi connectivity index (χ2v) is 13.7. The van der Waals surface area contributed by atoms with Crippen LogP contribution in [-0.2, 0) is 9.53 Å². The maximum atomic E-state index is 13.4. The molecule has 0 radical (unpaired) electrons. The summed E-state index contributed by atoms with van der Waals surface area (Å²) in [7, 11) is -1.70. The number of carbonyl (C=O) groups excluding carboxylic acids is 2. The first-order valence-electron chi connectivity index (χ1n) is 9.92. The molecule has 0 aromatic heterocycles. The number of imide groups is 1. The number of benzene rings is 1. The third-order valence-corrected chi connectivity index (χ3v) is 12.3. The van der Waals surface area contributed by atoms with E-state index in [1.807, 2.05) is 0 Å². The lowest BCUT2D eigenvalue weighted by Crippen LogP contribution is -2.40. The van der Waals surface area contributed by atoms with Crippen molar-refractivity contribution in [1.82, 2.24) is 0 Å². The van der Waals surface area contributed by atoms with E-state index in [4.69, 9.17) is 16.3 Å². The molecule has 0 heterocycles. The molecule has 0 aliphatic heterocycles. The number of anilines is 1. The van der Waals surface area contributed by atoms with Crippen molar-refractivity contribution in [3.8, 4) is 0 Å². The summed E-state index contributed by atoms with van der Waals surface area (Å²) in [5, 5.41) is 10.4. The first kappa shape index (κ1) is 25.4. The van der Waals surface area contributed by atoms with Crippen molar-refractivity contribution in [1.29, 1.82) is 0 Å². The van der Waals surface area contributed by atoms with E-state index in [0.717, 1.165) is 4.90 Å². The number of rotatable bonds is 8. The Morgan fingerprint density at radius 1 is 1.07 bits per heavy atom. The van der Waals surface area contributed by atoms with Crippen LogP contribution >= 0.6 is 18.9 Å². The van der Waals surface area contributed by atoms with E-state index in [2.05, 4.69) is 47.4 Å². The summed E-state index contributed by atoms with van der Waals surface area (Å²) < 4.78 is 5.10. The third-order valence-electron chi connectivity index (χ3n) is 5.45. The largest absolute Gasteiger partial charge is 0.763 e. The van der Waals surface area contributed by atoms with Crippen molar-refractivity contribution in [2.45, 2.75) is 65.4 Å². The molecule has 2 amide bonds. The second-order valence-electron chi connectivity index (χ2n) is 7.84. The Balaban J connectivity index is 3.43. The fraction of sp³-hybridized carbons (Fsp3) is 0.545. The fourth-order valence-electron chi connectivity index (χ4n) is 3.98. The summed E-state index contributed by atoms with van der Waals surface area (Å²) in [6.07, 6.45) is -0.395. The van der Waals surface area contributed by atoms with Crippen LogP contribution in [0, 0.1) is 0 Å². The highest BCUT2D eigenvalue weighted by molar-refractivity contribution is 7.78. The third kappa shape index (κ3) is 5.69. The molecular formula is C22H32ClN2O3P. The molecule has 0 saturated heterocycles. The number of hydrogen-bond acceptors (Lipinski definition) is 3. The summed E-state index contributed by atoms with van der Waals surface area (Å²) in [5.74, 6) is 1.47. The van der Waals surface area contributed by atoms with Gasteiger partial charge in [-0.25, -0.2) is 9.69 Å². The molecule has 0 spiro atoms. The maximum absolute atomic E-state index is 13.4. The van der Waals surface area contributed by atoms with E-state index in [-0.39, 0.29) is 12.2 Å². The lowest BCUT2D eigenvalue weighted by Gasteiger charge is -2.39. The van der Waals surface area contributed by atoms with E-state index in [1.54, 1.807) is 31.2 Å². The van der Waals surface area contributed by atoms with Gasteiger partial charge < -0.3 is 10.1 Å². The predicted octanol–water partition coefficient (Wildman–Crippen LogP) is 6.24. The van der Waals surface area contributed by atoms with Gasteiger partial charge in [-0.1, -0.05) is 11.6 Å². The van der Waals surface area contributed by atoms with Crippen molar-refractivity contribution >= 4 is 42.4 Å². The minimum Gasteiger partial charge on any atom is -0.763 e. The van der Waals surface area contributed by atoms with Gasteiger partial charge in [0.05, 0.1) is 41.0 Å². The number of halogens is 1. The molecule has 1 aromatic rings. The number of amides is 2.